The van der Waals surface area contributed by atoms with Gasteiger partial charge in [0.1, 0.15) is 0 Å². The van der Waals surface area contributed by atoms with Crippen molar-refractivity contribution in [2.75, 3.05) is 4.72 Å². The predicted octanol–water partition coefficient (Wildman–Crippen LogP) is 3.71. The third-order valence-corrected chi connectivity index (χ3v) is 5.44. The van der Waals surface area contributed by atoms with Crippen LogP contribution in [0.3, 0.4) is 0 Å². The number of hydrogen-bond donors (Lipinski definition) is 2. The summed E-state index contributed by atoms with van der Waals surface area (Å²) in [6.45, 7) is 1.86. The topological polar surface area (TPSA) is 109 Å². The number of nitrogens with one attached hydrogen (secondary N) is 1. The number of aromatic carboxylic acids is 1. The number of hydrogen-bond acceptors (Lipinski definition) is 5. The van der Waals surface area contributed by atoms with E-state index in [4.69, 9.17) is 5.11 Å². The molecule has 7 nitrogen and oxygen atoms in total. The number of nitrogens with zero attached hydrogens (tertiary/aromatic N) is 2. The molecule has 2 N–H and O–H groups in total. The van der Waals surface area contributed by atoms with Gasteiger partial charge in [-0.15, -0.1) is 0 Å². The number of sulfonamides is 1. The summed E-state index contributed by atoms with van der Waals surface area (Å²) in [6, 6.07) is 12.2. The van der Waals surface area contributed by atoms with E-state index in [0.29, 0.717) is 16.0 Å². The van der Waals surface area contributed by atoms with E-state index in [-0.39, 0.29) is 10.5 Å². The van der Waals surface area contributed by atoms with E-state index in [1.54, 1.807) is 36.5 Å². The molecule has 0 aliphatic heterocycles. The Balaban J connectivity index is 1.87. The Hall–Kier alpha value is -2.78. The van der Waals surface area contributed by atoms with Gasteiger partial charge in [-0.3, -0.25) is 4.72 Å². The minimum absolute atomic E-state index is 0.128. The third kappa shape index (κ3) is 4.50. The second-order valence-corrected chi connectivity index (χ2v) is 8.28. The smallest absolute Gasteiger partial charge is 0.335 e. The molecule has 0 fully saturated rings. The van der Waals surface area contributed by atoms with Crippen molar-refractivity contribution in [1.82, 2.24) is 9.97 Å². The van der Waals surface area contributed by atoms with Crippen LogP contribution in [0.25, 0.3) is 11.4 Å². The van der Waals surface area contributed by atoms with Crippen LogP contribution in [0.4, 0.5) is 5.69 Å². The molecule has 1 aromatic heterocycles. The molecule has 138 valence electrons. The maximum atomic E-state index is 12.6. The Morgan fingerprint density at radius 3 is 2.44 bits per heavy atom. The van der Waals surface area contributed by atoms with E-state index in [1.807, 2.05) is 6.92 Å². The summed E-state index contributed by atoms with van der Waals surface area (Å²) >= 11 is 3.13. The van der Waals surface area contributed by atoms with Crippen molar-refractivity contribution in [3.8, 4) is 11.4 Å². The maximum absolute atomic E-state index is 12.6. The molecule has 0 bridgehead atoms. The van der Waals surface area contributed by atoms with Gasteiger partial charge in [-0.25, -0.2) is 23.2 Å². The highest BCUT2D eigenvalue weighted by Gasteiger charge is 2.18. The summed E-state index contributed by atoms with van der Waals surface area (Å²) in [5.41, 5.74) is 1.78. The van der Waals surface area contributed by atoms with E-state index >= 15 is 0 Å². The van der Waals surface area contributed by atoms with Crippen molar-refractivity contribution in [3.05, 3.63) is 70.5 Å². The number of aromatic nitrogens is 2. The molecular weight excluding hydrogens is 434 g/mol. The van der Waals surface area contributed by atoms with Crippen molar-refractivity contribution >= 4 is 37.6 Å². The second kappa shape index (κ2) is 7.45. The molecular formula is C18H14BrN3O4S. The second-order valence-electron chi connectivity index (χ2n) is 5.69. The first-order chi connectivity index (χ1) is 12.7. The first-order valence-electron chi connectivity index (χ1n) is 7.71. The zero-order valence-corrected chi connectivity index (χ0v) is 16.5. The molecule has 1 heterocycles. The van der Waals surface area contributed by atoms with Crippen LogP contribution in [-0.4, -0.2) is 29.5 Å². The number of carboxylic acid groups (broad SMARTS) is 1. The molecule has 0 aliphatic rings. The lowest BCUT2D eigenvalue weighted by Gasteiger charge is -2.10. The molecule has 9 heteroatoms. The number of carboxylic acids is 1. The number of rotatable bonds is 5. The fourth-order valence-corrected chi connectivity index (χ4v) is 4.10. The molecule has 0 saturated carbocycles. The Kier molecular flexibility index (Phi) is 5.24. The van der Waals surface area contributed by atoms with Gasteiger partial charge in [-0.05, 0) is 55.5 Å². The first-order valence-corrected chi connectivity index (χ1v) is 9.99. The van der Waals surface area contributed by atoms with Gasteiger partial charge in [-0.1, -0.05) is 15.9 Å². The van der Waals surface area contributed by atoms with Crippen LogP contribution in [0.5, 0.6) is 0 Å². The van der Waals surface area contributed by atoms with Gasteiger partial charge in [0.05, 0.1) is 10.5 Å². The van der Waals surface area contributed by atoms with Gasteiger partial charge in [0.25, 0.3) is 10.0 Å². The van der Waals surface area contributed by atoms with Gasteiger partial charge in [-0.2, -0.15) is 0 Å². The molecule has 3 aromatic rings. The first kappa shape index (κ1) is 19.0. The minimum Gasteiger partial charge on any atom is -0.478 e. The fourth-order valence-electron chi connectivity index (χ4n) is 2.33. The quantitative estimate of drug-likeness (QED) is 0.616. The van der Waals surface area contributed by atoms with Crippen molar-refractivity contribution in [2.45, 2.75) is 11.8 Å². The fraction of sp³-hybridized carbons (Fsp3) is 0.0556. The SMILES string of the molecule is Cc1ccnc(-c2ccc(NS(=O)(=O)c3cc(Br)cc(C(=O)O)c3)cc2)n1. The maximum Gasteiger partial charge on any atom is 0.335 e. The van der Waals surface area contributed by atoms with Crippen molar-refractivity contribution in [3.63, 3.8) is 0 Å². The van der Waals surface area contributed by atoms with Crippen molar-refractivity contribution in [2.24, 2.45) is 0 Å². The zero-order chi connectivity index (χ0) is 19.6. The summed E-state index contributed by atoms with van der Waals surface area (Å²) in [4.78, 5) is 19.5. The van der Waals surface area contributed by atoms with Crippen molar-refractivity contribution < 1.29 is 18.3 Å². The highest BCUT2D eigenvalue weighted by Crippen LogP contribution is 2.24. The lowest BCUT2D eigenvalue weighted by atomic mass is 10.2. The zero-order valence-electron chi connectivity index (χ0n) is 14.0. The Labute approximate surface area is 164 Å². The Morgan fingerprint density at radius 2 is 1.81 bits per heavy atom. The third-order valence-electron chi connectivity index (χ3n) is 3.62. The van der Waals surface area contributed by atoms with E-state index in [0.717, 1.165) is 17.3 Å². The van der Waals surface area contributed by atoms with E-state index in [9.17, 15) is 13.2 Å². The molecule has 0 unspecified atom stereocenters. The standard InChI is InChI=1S/C18H14BrN3O4S/c1-11-6-7-20-17(21-11)12-2-4-15(5-3-12)22-27(25,26)16-9-13(18(23)24)8-14(19)10-16/h2-10,22H,1H3,(H,23,24). The van der Waals surface area contributed by atoms with Gasteiger partial charge in [0.15, 0.2) is 5.82 Å². The van der Waals surface area contributed by atoms with E-state index < -0.39 is 16.0 Å². The molecule has 2 aromatic carbocycles. The van der Waals surface area contributed by atoms with Crippen LogP contribution in [-0.2, 0) is 10.0 Å². The van der Waals surface area contributed by atoms with Gasteiger partial charge in [0, 0.05) is 27.6 Å². The average molecular weight is 448 g/mol. The van der Waals surface area contributed by atoms with Gasteiger partial charge >= 0.3 is 5.97 Å². The Bertz CT molecular complexity index is 1120. The van der Waals surface area contributed by atoms with Crippen LogP contribution in [0, 0.1) is 6.92 Å². The highest BCUT2D eigenvalue weighted by molar-refractivity contribution is 9.10. The van der Waals surface area contributed by atoms with Crippen molar-refractivity contribution in [1.29, 1.82) is 0 Å². The summed E-state index contributed by atoms with van der Waals surface area (Å²) in [5, 5.41) is 9.10. The lowest BCUT2D eigenvalue weighted by Crippen LogP contribution is -2.14. The number of halogens is 1. The van der Waals surface area contributed by atoms with E-state index in [2.05, 4.69) is 30.6 Å². The number of carbonyl (C=O) groups is 1. The summed E-state index contributed by atoms with van der Waals surface area (Å²) in [6.07, 6.45) is 1.65. The van der Waals surface area contributed by atoms with Gasteiger partial charge in [0.2, 0.25) is 0 Å². The van der Waals surface area contributed by atoms with E-state index in [1.165, 1.54) is 12.1 Å². The van der Waals surface area contributed by atoms with Crippen LogP contribution >= 0.6 is 15.9 Å². The summed E-state index contributed by atoms with van der Waals surface area (Å²) < 4.78 is 27.9. The summed E-state index contributed by atoms with van der Waals surface area (Å²) in [5.74, 6) is -0.669. The number of benzene rings is 2. The average Bonchev–Trinajstić information content (AvgIpc) is 2.61. The van der Waals surface area contributed by atoms with Crippen LogP contribution in [0.2, 0.25) is 0 Å². The molecule has 0 radical (unpaired) electrons. The highest BCUT2D eigenvalue weighted by atomic mass is 79.9. The number of anilines is 1. The predicted molar refractivity (Wildman–Crippen MR) is 104 cm³/mol. The monoisotopic (exact) mass is 447 g/mol. The summed E-state index contributed by atoms with van der Waals surface area (Å²) in [7, 11) is -3.95. The van der Waals surface area contributed by atoms with Crippen LogP contribution in [0.15, 0.2) is 64.1 Å². The Morgan fingerprint density at radius 1 is 1.11 bits per heavy atom. The lowest BCUT2D eigenvalue weighted by molar-refractivity contribution is 0.0696. The van der Waals surface area contributed by atoms with Gasteiger partial charge < -0.3 is 5.11 Å². The molecule has 0 aliphatic carbocycles. The van der Waals surface area contributed by atoms with Crippen LogP contribution < -0.4 is 4.72 Å². The molecule has 3 rings (SSSR count). The molecule has 27 heavy (non-hydrogen) atoms. The largest absolute Gasteiger partial charge is 0.478 e. The minimum atomic E-state index is -3.95. The molecule has 0 amide bonds. The molecule has 0 spiro atoms. The number of aryl methyl sites for hydroxylation is 1. The molecule has 0 saturated heterocycles. The molecule has 0 atom stereocenters. The van der Waals surface area contributed by atoms with Crippen LogP contribution in [0.1, 0.15) is 16.1 Å². The normalized spacial score (nSPS) is 11.2.